The highest BCUT2D eigenvalue weighted by molar-refractivity contribution is 6.31. The molecule has 4 nitrogen and oxygen atoms in total. The van der Waals surface area contributed by atoms with Crippen molar-refractivity contribution in [1.82, 2.24) is 4.98 Å². The van der Waals surface area contributed by atoms with Gasteiger partial charge in [-0.3, -0.25) is 0 Å². The first-order valence-corrected chi connectivity index (χ1v) is 8.19. The molecule has 5 heteroatoms. The maximum absolute atomic E-state index is 10.3. The predicted octanol–water partition coefficient (Wildman–Crippen LogP) is 4.42. The highest BCUT2D eigenvalue weighted by atomic mass is 35.5. The number of hydrogen-bond acceptors (Lipinski definition) is 4. The highest BCUT2D eigenvalue weighted by Crippen LogP contribution is 2.22. The van der Waals surface area contributed by atoms with E-state index in [0.717, 1.165) is 16.7 Å². The summed E-state index contributed by atoms with van der Waals surface area (Å²) in [5, 5.41) is 22.6. The summed E-state index contributed by atoms with van der Waals surface area (Å²) in [7, 11) is 0. The van der Waals surface area contributed by atoms with Gasteiger partial charge in [0, 0.05) is 6.54 Å². The van der Waals surface area contributed by atoms with E-state index in [4.69, 9.17) is 16.9 Å². The number of aromatic nitrogens is 1. The molecule has 2 aromatic carbocycles. The van der Waals surface area contributed by atoms with Crippen LogP contribution in [0, 0.1) is 11.3 Å². The number of benzene rings is 2. The lowest BCUT2D eigenvalue weighted by molar-refractivity contribution is 0.191. The van der Waals surface area contributed by atoms with E-state index in [1.54, 1.807) is 12.1 Å². The van der Waals surface area contributed by atoms with Crippen molar-refractivity contribution in [3.8, 4) is 17.2 Å². The molecule has 0 fully saturated rings. The fourth-order valence-electron chi connectivity index (χ4n) is 2.47. The smallest absolute Gasteiger partial charge is 0.161 e. The number of nitrogens with one attached hydrogen (secondary N) is 1. The zero-order valence-corrected chi connectivity index (χ0v) is 14.1. The van der Waals surface area contributed by atoms with Gasteiger partial charge in [0.05, 0.1) is 11.1 Å². The van der Waals surface area contributed by atoms with Crippen LogP contribution in [0.25, 0.3) is 11.1 Å². The van der Waals surface area contributed by atoms with Crippen LogP contribution >= 0.6 is 11.6 Å². The molecule has 0 aliphatic heterocycles. The molecule has 1 aromatic heterocycles. The van der Waals surface area contributed by atoms with Crippen molar-refractivity contribution in [3.05, 3.63) is 83.0 Å². The van der Waals surface area contributed by atoms with Crippen molar-refractivity contribution in [2.24, 2.45) is 0 Å². The molecule has 0 bridgehead atoms. The zero-order valence-electron chi connectivity index (χ0n) is 13.4. The van der Waals surface area contributed by atoms with E-state index in [1.807, 2.05) is 60.7 Å². The number of halogens is 1. The number of nitriles is 1. The van der Waals surface area contributed by atoms with Gasteiger partial charge in [0.1, 0.15) is 11.9 Å². The van der Waals surface area contributed by atoms with Crippen LogP contribution < -0.4 is 5.32 Å². The lowest BCUT2D eigenvalue weighted by Gasteiger charge is -2.13. The van der Waals surface area contributed by atoms with Gasteiger partial charge in [0.2, 0.25) is 0 Å². The summed E-state index contributed by atoms with van der Waals surface area (Å²) in [4.78, 5) is 4.09. The third-order valence-corrected chi connectivity index (χ3v) is 4.14. The Morgan fingerprint density at radius 3 is 2.36 bits per heavy atom. The minimum atomic E-state index is -0.687. The second kappa shape index (κ2) is 7.80. The van der Waals surface area contributed by atoms with Gasteiger partial charge in [-0.15, -0.1) is 0 Å². The lowest BCUT2D eigenvalue weighted by Crippen LogP contribution is -2.13. The number of aliphatic hydroxyl groups is 1. The molecule has 0 radical (unpaired) electrons. The van der Waals surface area contributed by atoms with Gasteiger partial charge in [0.15, 0.2) is 5.69 Å². The van der Waals surface area contributed by atoms with Gasteiger partial charge in [-0.1, -0.05) is 66.2 Å². The van der Waals surface area contributed by atoms with E-state index >= 15 is 0 Å². The first-order chi connectivity index (χ1) is 12.2. The largest absolute Gasteiger partial charge is 0.387 e. The topological polar surface area (TPSA) is 68.9 Å². The number of pyridine rings is 1. The molecule has 0 saturated carbocycles. The van der Waals surface area contributed by atoms with Gasteiger partial charge in [-0.25, -0.2) is 4.98 Å². The first kappa shape index (κ1) is 17.0. The van der Waals surface area contributed by atoms with Gasteiger partial charge >= 0.3 is 0 Å². The summed E-state index contributed by atoms with van der Waals surface area (Å²) < 4.78 is 0. The van der Waals surface area contributed by atoms with Gasteiger partial charge in [-0.05, 0) is 28.8 Å². The first-order valence-electron chi connectivity index (χ1n) is 7.81. The number of aliphatic hydroxyl groups excluding tert-OH is 1. The Morgan fingerprint density at radius 2 is 1.68 bits per heavy atom. The summed E-state index contributed by atoms with van der Waals surface area (Å²) in [6.07, 6.45) is -0.687. The Bertz CT molecular complexity index is 889. The molecule has 2 N–H and O–H groups in total. The predicted molar refractivity (Wildman–Crippen MR) is 99.3 cm³/mol. The standard InChI is InChI=1S/C20H16ClN3O/c21-17-10-11-20(24-18(17)12-22)23-13-19(25)16-8-6-15(7-9-16)14-4-2-1-3-5-14/h1-11,19,25H,13H2,(H,23,24). The summed E-state index contributed by atoms with van der Waals surface area (Å²) in [6, 6.07) is 23.1. The van der Waals surface area contributed by atoms with Crippen LogP contribution in [-0.2, 0) is 0 Å². The molecule has 1 unspecified atom stereocenters. The normalized spacial score (nSPS) is 11.6. The zero-order chi connectivity index (χ0) is 17.6. The van der Waals surface area contributed by atoms with Crippen molar-refractivity contribution in [3.63, 3.8) is 0 Å². The Morgan fingerprint density at radius 1 is 1.00 bits per heavy atom. The van der Waals surface area contributed by atoms with E-state index in [9.17, 15) is 5.11 Å². The minimum Gasteiger partial charge on any atom is -0.387 e. The summed E-state index contributed by atoms with van der Waals surface area (Å²) in [6.45, 7) is 0.282. The lowest BCUT2D eigenvalue weighted by atomic mass is 10.0. The van der Waals surface area contributed by atoms with Gasteiger partial charge in [-0.2, -0.15) is 5.26 Å². The van der Waals surface area contributed by atoms with Crippen molar-refractivity contribution in [1.29, 1.82) is 5.26 Å². The van der Waals surface area contributed by atoms with Crippen LogP contribution in [-0.4, -0.2) is 16.6 Å². The molecule has 0 aliphatic rings. The monoisotopic (exact) mass is 349 g/mol. The van der Waals surface area contributed by atoms with E-state index < -0.39 is 6.10 Å². The third kappa shape index (κ3) is 4.16. The SMILES string of the molecule is N#Cc1nc(NCC(O)c2ccc(-c3ccccc3)cc2)ccc1Cl. The summed E-state index contributed by atoms with van der Waals surface area (Å²) in [5.41, 5.74) is 3.20. The fraction of sp³-hybridized carbons (Fsp3) is 0.100. The second-order valence-electron chi connectivity index (χ2n) is 5.52. The molecule has 3 aromatic rings. The van der Waals surface area contributed by atoms with Crippen molar-refractivity contribution < 1.29 is 5.11 Å². The van der Waals surface area contributed by atoms with Crippen LogP contribution in [0.5, 0.6) is 0 Å². The van der Waals surface area contributed by atoms with Gasteiger partial charge in [0.25, 0.3) is 0 Å². The van der Waals surface area contributed by atoms with Crippen LogP contribution in [0.3, 0.4) is 0 Å². The van der Waals surface area contributed by atoms with E-state index in [-0.39, 0.29) is 12.2 Å². The van der Waals surface area contributed by atoms with Crippen molar-refractivity contribution >= 4 is 17.4 Å². The Kier molecular flexibility index (Phi) is 5.30. The molecule has 3 rings (SSSR count). The molecular weight excluding hydrogens is 334 g/mol. The molecular formula is C20H16ClN3O. The fourth-order valence-corrected chi connectivity index (χ4v) is 2.61. The minimum absolute atomic E-state index is 0.161. The summed E-state index contributed by atoms with van der Waals surface area (Å²) in [5.74, 6) is 0.501. The molecule has 0 spiro atoms. The van der Waals surface area contributed by atoms with E-state index in [0.29, 0.717) is 10.8 Å². The quantitative estimate of drug-likeness (QED) is 0.715. The number of anilines is 1. The molecule has 25 heavy (non-hydrogen) atoms. The molecule has 1 heterocycles. The molecule has 0 saturated heterocycles. The highest BCUT2D eigenvalue weighted by Gasteiger charge is 2.09. The number of hydrogen-bond donors (Lipinski definition) is 2. The van der Waals surface area contributed by atoms with Gasteiger partial charge < -0.3 is 10.4 Å². The van der Waals surface area contributed by atoms with Crippen LogP contribution in [0.1, 0.15) is 17.4 Å². The molecule has 0 aliphatic carbocycles. The van der Waals surface area contributed by atoms with Crippen molar-refractivity contribution in [2.45, 2.75) is 6.10 Å². The maximum atomic E-state index is 10.3. The Labute approximate surface area is 151 Å². The number of nitrogens with zero attached hydrogens (tertiary/aromatic N) is 2. The van der Waals surface area contributed by atoms with E-state index in [1.165, 1.54) is 0 Å². The van der Waals surface area contributed by atoms with Crippen LogP contribution in [0.2, 0.25) is 5.02 Å². The number of rotatable bonds is 5. The average Bonchev–Trinajstić information content (AvgIpc) is 2.68. The van der Waals surface area contributed by atoms with Crippen LogP contribution in [0.4, 0.5) is 5.82 Å². The average molecular weight is 350 g/mol. The van der Waals surface area contributed by atoms with Crippen molar-refractivity contribution in [2.75, 3.05) is 11.9 Å². The van der Waals surface area contributed by atoms with Crippen LogP contribution in [0.15, 0.2) is 66.7 Å². The Balaban J connectivity index is 1.65. The molecule has 124 valence electrons. The molecule has 0 amide bonds. The second-order valence-corrected chi connectivity index (χ2v) is 5.93. The maximum Gasteiger partial charge on any atom is 0.161 e. The van der Waals surface area contributed by atoms with E-state index in [2.05, 4.69) is 10.3 Å². The summed E-state index contributed by atoms with van der Waals surface area (Å²) >= 11 is 5.86. The third-order valence-electron chi connectivity index (χ3n) is 3.83. The Hall–Kier alpha value is -2.87. The molecule has 1 atom stereocenters.